The summed E-state index contributed by atoms with van der Waals surface area (Å²) in [4.78, 5) is 8.74. The van der Waals surface area contributed by atoms with E-state index in [0.717, 1.165) is 34.8 Å². The van der Waals surface area contributed by atoms with E-state index >= 15 is 0 Å². The number of oxazole rings is 1. The number of ether oxygens (including phenoxy) is 1. The molecule has 142 valence electrons. The van der Waals surface area contributed by atoms with E-state index in [0.29, 0.717) is 24.1 Å². The van der Waals surface area contributed by atoms with Crippen molar-refractivity contribution in [2.75, 3.05) is 6.61 Å². The zero-order valence-corrected chi connectivity index (χ0v) is 16.3. The number of benzene rings is 2. The highest BCUT2D eigenvalue weighted by atomic mass is 35.5. The molecule has 0 N–H and O–H groups in total. The zero-order valence-electron chi connectivity index (χ0n) is 15.5. The molecule has 4 aromatic rings. The van der Waals surface area contributed by atoms with Crippen molar-refractivity contribution in [2.45, 2.75) is 19.8 Å². The minimum absolute atomic E-state index is 0.497. The second-order valence-corrected chi connectivity index (χ2v) is 6.90. The first-order valence-electron chi connectivity index (χ1n) is 9.13. The van der Waals surface area contributed by atoms with E-state index in [1.807, 2.05) is 61.7 Å². The molecule has 0 aliphatic carbocycles. The van der Waals surface area contributed by atoms with Crippen molar-refractivity contribution >= 4 is 11.6 Å². The van der Waals surface area contributed by atoms with Gasteiger partial charge in [-0.3, -0.25) is 4.57 Å². The van der Waals surface area contributed by atoms with E-state index in [-0.39, 0.29) is 0 Å². The number of aryl methyl sites for hydroxylation is 2. The van der Waals surface area contributed by atoms with Gasteiger partial charge in [0.1, 0.15) is 23.5 Å². The van der Waals surface area contributed by atoms with Gasteiger partial charge in [0, 0.05) is 29.4 Å². The second kappa shape index (κ2) is 8.31. The quantitative estimate of drug-likeness (QED) is 0.389. The number of imidazole rings is 1. The third kappa shape index (κ3) is 4.10. The fourth-order valence-electron chi connectivity index (χ4n) is 2.96. The molecule has 0 bridgehead atoms. The van der Waals surface area contributed by atoms with Gasteiger partial charge in [0.15, 0.2) is 0 Å². The van der Waals surface area contributed by atoms with Crippen LogP contribution >= 0.6 is 11.6 Å². The van der Waals surface area contributed by atoms with Crippen LogP contribution < -0.4 is 4.74 Å². The maximum atomic E-state index is 6.04. The van der Waals surface area contributed by atoms with Crippen LogP contribution in [0.25, 0.3) is 17.3 Å². The Kier molecular flexibility index (Phi) is 5.44. The summed E-state index contributed by atoms with van der Waals surface area (Å²) in [6.45, 7) is 2.65. The van der Waals surface area contributed by atoms with Crippen molar-refractivity contribution in [2.24, 2.45) is 0 Å². The lowest BCUT2D eigenvalue weighted by Gasteiger charge is -2.08. The highest BCUT2D eigenvalue weighted by Gasteiger charge is 2.16. The van der Waals surface area contributed by atoms with Gasteiger partial charge in [-0.05, 0) is 37.1 Å². The first-order chi connectivity index (χ1) is 13.7. The highest BCUT2D eigenvalue weighted by Crippen LogP contribution is 2.28. The fraction of sp³-hybridized carbons (Fsp3) is 0.182. The van der Waals surface area contributed by atoms with E-state index in [9.17, 15) is 0 Å². The number of rotatable bonds is 7. The molecule has 0 fully saturated rings. The molecule has 0 atom stereocenters. The van der Waals surface area contributed by atoms with Crippen LogP contribution in [-0.4, -0.2) is 21.1 Å². The van der Waals surface area contributed by atoms with Gasteiger partial charge in [-0.2, -0.15) is 4.98 Å². The average molecular weight is 394 g/mol. The molecule has 5 nitrogen and oxygen atoms in total. The fourth-order valence-corrected chi connectivity index (χ4v) is 3.08. The van der Waals surface area contributed by atoms with Gasteiger partial charge in [0.05, 0.1) is 6.61 Å². The van der Waals surface area contributed by atoms with Crippen molar-refractivity contribution < 1.29 is 9.15 Å². The maximum absolute atomic E-state index is 6.04. The minimum atomic E-state index is 0.497. The summed E-state index contributed by atoms with van der Waals surface area (Å²) < 4.78 is 13.7. The van der Waals surface area contributed by atoms with Crippen LogP contribution in [0.4, 0.5) is 0 Å². The van der Waals surface area contributed by atoms with Crippen molar-refractivity contribution in [3.8, 4) is 23.0 Å². The predicted octanol–water partition coefficient (Wildman–Crippen LogP) is 5.50. The molecule has 2 aromatic heterocycles. The van der Waals surface area contributed by atoms with Crippen LogP contribution in [0.15, 0.2) is 71.7 Å². The normalized spacial score (nSPS) is 10.9. The summed E-state index contributed by atoms with van der Waals surface area (Å²) in [7, 11) is 0. The largest absolute Gasteiger partial charge is 0.493 e. The lowest BCUT2D eigenvalue weighted by atomic mass is 10.1. The van der Waals surface area contributed by atoms with E-state index in [1.54, 1.807) is 17.1 Å². The zero-order chi connectivity index (χ0) is 19.3. The molecular weight excluding hydrogens is 374 g/mol. The van der Waals surface area contributed by atoms with Crippen molar-refractivity contribution in [1.29, 1.82) is 0 Å². The van der Waals surface area contributed by atoms with Gasteiger partial charge < -0.3 is 9.15 Å². The Hall–Kier alpha value is -3.05. The molecule has 0 saturated heterocycles. The predicted molar refractivity (Wildman–Crippen MR) is 109 cm³/mol. The second-order valence-electron chi connectivity index (χ2n) is 6.46. The third-order valence-electron chi connectivity index (χ3n) is 4.43. The Bertz CT molecular complexity index is 1040. The van der Waals surface area contributed by atoms with Gasteiger partial charge in [-0.25, -0.2) is 4.98 Å². The summed E-state index contributed by atoms with van der Waals surface area (Å²) in [5, 5.41) is 0.690. The molecule has 0 unspecified atom stereocenters. The molecule has 6 heteroatoms. The van der Waals surface area contributed by atoms with Crippen molar-refractivity contribution in [3.63, 3.8) is 0 Å². The van der Waals surface area contributed by atoms with E-state index in [1.165, 1.54) is 0 Å². The molecule has 4 rings (SSSR count). The number of aromatic nitrogens is 3. The first kappa shape index (κ1) is 18.3. The topological polar surface area (TPSA) is 53.1 Å². The number of nitrogens with zero attached hydrogens (tertiary/aromatic N) is 3. The number of para-hydroxylation sites is 1. The smallest absolute Gasteiger partial charge is 0.307 e. The van der Waals surface area contributed by atoms with Gasteiger partial charge in [-0.15, -0.1) is 0 Å². The van der Waals surface area contributed by atoms with E-state index in [2.05, 4.69) is 9.97 Å². The molecule has 0 saturated carbocycles. The Labute approximate surface area is 168 Å². The molecule has 0 aliphatic heterocycles. The molecule has 28 heavy (non-hydrogen) atoms. The van der Waals surface area contributed by atoms with Crippen LogP contribution in [0.2, 0.25) is 5.02 Å². The minimum Gasteiger partial charge on any atom is -0.493 e. The number of hydrogen-bond acceptors (Lipinski definition) is 4. The van der Waals surface area contributed by atoms with Crippen LogP contribution in [0, 0.1) is 6.92 Å². The van der Waals surface area contributed by atoms with E-state index in [4.69, 9.17) is 20.8 Å². The molecule has 0 amide bonds. The summed E-state index contributed by atoms with van der Waals surface area (Å²) in [5.74, 6) is 1.73. The highest BCUT2D eigenvalue weighted by molar-refractivity contribution is 6.30. The van der Waals surface area contributed by atoms with Crippen LogP contribution in [0.5, 0.6) is 5.75 Å². The summed E-state index contributed by atoms with van der Waals surface area (Å²) in [6.07, 6.45) is 6.70. The Balaban J connectivity index is 1.51. The van der Waals surface area contributed by atoms with Crippen LogP contribution in [-0.2, 0) is 6.42 Å². The molecule has 2 heterocycles. The Morgan fingerprint density at radius 2 is 1.93 bits per heavy atom. The molecule has 0 spiro atoms. The van der Waals surface area contributed by atoms with Crippen molar-refractivity contribution in [3.05, 3.63) is 83.6 Å². The van der Waals surface area contributed by atoms with Crippen LogP contribution in [0.3, 0.4) is 0 Å². The summed E-state index contributed by atoms with van der Waals surface area (Å²) in [5.41, 5.74) is 2.91. The first-order valence-corrected chi connectivity index (χ1v) is 9.51. The van der Waals surface area contributed by atoms with E-state index < -0.39 is 0 Å². The molecule has 0 aliphatic rings. The Morgan fingerprint density at radius 3 is 2.68 bits per heavy atom. The number of hydrogen-bond donors (Lipinski definition) is 0. The van der Waals surface area contributed by atoms with Crippen LogP contribution in [0.1, 0.15) is 17.7 Å². The van der Waals surface area contributed by atoms with Gasteiger partial charge in [0.2, 0.25) is 0 Å². The molecular formula is C22H20ClN3O2. The maximum Gasteiger partial charge on any atom is 0.307 e. The molecule has 0 radical (unpaired) electrons. The lowest BCUT2D eigenvalue weighted by Crippen LogP contribution is -2.00. The van der Waals surface area contributed by atoms with Gasteiger partial charge >= 0.3 is 6.01 Å². The third-order valence-corrected chi connectivity index (χ3v) is 4.68. The van der Waals surface area contributed by atoms with Gasteiger partial charge in [-0.1, -0.05) is 41.9 Å². The monoisotopic (exact) mass is 393 g/mol. The molecule has 2 aromatic carbocycles. The van der Waals surface area contributed by atoms with Crippen molar-refractivity contribution in [1.82, 2.24) is 14.5 Å². The SMILES string of the molecule is Cc1ccccc1OCCCc1oc(-n2ccnc2)nc1-c1ccc(Cl)cc1. The average Bonchev–Trinajstić information content (AvgIpc) is 3.37. The lowest BCUT2D eigenvalue weighted by molar-refractivity contribution is 0.304. The number of halogens is 1. The Morgan fingerprint density at radius 1 is 1.11 bits per heavy atom. The van der Waals surface area contributed by atoms with Gasteiger partial charge in [0.25, 0.3) is 0 Å². The standard InChI is InChI=1S/C22H20ClN3O2/c1-16-5-2-3-6-19(16)27-14-4-7-20-21(17-8-10-18(23)11-9-17)25-22(28-20)26-13-12-24-15-26/h2-3,5-6,8-13,15H,4,7,14H2,1H3. The summed E-state index contributed by atoms with van der Waals surface area (Å²) in [6, 6.07) is 16.1. The summed E-state index contributed by atoms with van der Waals surface area (Å²) >= 11 is 6.03.